The number of amides is 1. The first kappa shape index (κ1) is 21.9. The highest BCUT2D eigenvalue weighted by atomic mass is 19.1. The van der Waals surface area contributed by atoms with E-state index in [4.69, 9.17) is 9.15 Å². The minimum Gasteiger partial charge on any atom is -0.494 e. The number of benzene rings is 3. The van der Waals surface area contributed by atoms with E-state index in [9.17, 15) is 14.0 Å². The lowest BCUT2D eigenvalue weighted by atomic mass is 9.98. The molecule has 4 aromatic rings. The summed E-state index contributed by atoms with van der Waals surface area (Å²) in [7, 11) is 0. The molecule has 5 nitrogen and oxygen atoms in total. The Bertz CT molecular complexity index is 1440. The molecule has 0 fully saturated rings. The van der Waals surface area contributed by atoms with Gasteiger partial charge in [0.15, 0.2) is 5.43 Å². The van der Waals surface area contributed by atoms with Gasteiger partial charge in [0.2, 0.25) is 5.76 Å². The van der Waals surface area contributed by atoms with E-state index in [-0.39, 0.29) is 22.3 Å². The van der Waals surface area contributed by atoms with Crippen molar-refractivity contribution >= 4 is 22.6 Å². The van der Waals surface area contributed by atoms with Gasteiger partial charge in [0, 0.05) is 5.69 Å². The highest BCUT2D eigenvalue weighted by molar-refractivity contribution is 6.10. The van der Waals surface area contributed by atoms with E-state index < -0.39 is 23.2 Å². The highest BCUT2D eigenvalue weighted by Gasteiger charge is 2.43. The molecule has 172 valence electrons. The van der Waals surface area contributed by atoms with Crippen molar-refractivity contribution < 1.29 is 18.3 Å². The molecule has 1 aliphatic rings. The summed E-state index contributed by atoms with van der Waals surface area (Å²) in [6.07, 6.45) is 1.93. The molecule has 6 heteroatoms. The van der Waals surface area contributed by atoms with E-state index >= 15 is 0 Å². The van der Waals surface area contributed by atoms with Crippen molar-refractivity contribution in [2.24, 2.45) is 0 Å². The Morgan fingerprint density at radius 2 is 1.82 bits per heavy atom. The van der Waals surface area contributed by atoms with Crippen molar-refractivity contribution in [3.63, 3.8) is 0 Å². The zero-order valence-corrected chi connectivity index (χ0v) is 19.0. The van der Waals surface area contributed by atoms with Gasteiger partial charge in [0.1, 0.15) is 17.1 Å². The van der Waals surface area contributed by atoms with Gasteiger partial charge in [-0.2, -0.15) is 0 Å². The Morgan fingerprint density at radius 1 is 1.03 bits per heavy atom. The number of anilines is 1. The zero-order valence-electron chi connectivity index (χ0n) is 19.0. The first-order chi connectivity index (χ1) is 16.5. The van der Waals surface area contributed by atoms with Crippen LogP contribution in [0, 0.1) is 12.7 Å². The number of carbonyl (C=O) groups is 1. The molecule has 5 rings (SSSR count). The van der Waals surface area contributed by atoms with Crippen LogP contribution < -0.4 is 15.1 Å². The van der Waals surface area contributed by atoms with Crippen LogP contribution in [0.25, 0.3) is 11.0 Å². The Balaban J connectivity index is 1.71. The normalized spacial score (nSPS) is 15.1. The molecular formula is C28H24FNO4. The maximum Gasteiger partial charge on any atom is 0.295 e. The van der Waals surface area contributed by atoms with Gasteiger partial charge in [0.05, 0.1) is 23.6 Å². The second-order valence-electron chi connectivity index (χ2n) is 8.50. The minimum atomic E-state index is -0.733. The third kappa shape index (κ3) is 3.75. The Morgan fingerprint density at radius 3 is 2.59 bits per heavy atom. The standard InChI is InChI=1S/C28H24FNO4/c1-3-4-14-33-21-7-5-6-18(15-21)25-24-26(31)22-16-19(29)10-13-23(22)34-27(24)28(32)30(25)20-11-8-17(2)9-12-20/h5-13,15-16,25H,3-4,14H2,1-2H3. The Kier molecular flexibility index (Phi) is 5.65. The molecule has 0 N–H and O–H groups in total. The molecule has 1 unspecified atom stereocenters. The molecule has 1 aromatic heterocycles. The molecule has 0 aliphatic carbocycles. The molecule has 0 spiro atoms. The summed E-state index contributed by atoms with van der Waals surface area (Å²) in [5, 5.41) is 0.109. The third-order valence-electron chi connectivity index (χ3n) is 6.08. The van der Waals surface area contributed by atoms with Gasteiger partial charge in [-0.05, 0) is 61.4 Å². The quantitative estimate of drug-likeness (QED) is 0.325. The maximum atomic E-state index is 14.0. The summed E-state index contributed by atoms with van der Waals surface area (Å²) in [4.78, 5) is 28.8. The fraction of sp³-hybridized carbons (Fsp3) is 0.214. The predicted octanol–water partition coefficient (Wildman–Crippen LogP) is 6.17. The molecule has 1 amide bonds. The van der Waals surface area contributed by atoms with Crippen molar-refractivity contribution in [3.8, 4) is 5.75 Å². The number of aryl methyl sites for hydroxylation is 1. The number of hydrogen-bond acceptors (Lipinski definition) is 4. The number of nitrogens with zero attached hydrogens (tertiary/aromatic N) is 1. The molecule has 2 heterocycles. The Hall–Kier alpha value is -3.93. The molecule has 3 aromatic carbocycles. The monoisotopic (exact) mass is 457 g/mol. The molecular weight excluding hydrogens is 433 g/mol. The highest BCUT2D eigenvalue weighted by Crippen LogP contribution is 2.42. The molecule has 34 heavy (non-hydrogen) atoms. The second-order valence-corrected chi connectivity index (χ2v) is 8.50. The van der Waals surface area contributed by atoms with E-state index in [0.717, 1.165) is 24.5 Å². The molecule has 0 bridgehead atoms. The van der Waals surface area contributed by atoms with Crippen LogP contribution in [0.2, 0.25) is 0 Å². The molecule has 1 atom stereocenters. The van der Waals surface area contributed by atoms with E-state index in [1.54, 1.807) is 4.90 Å². The van der Waals surface area contributed by atoms with Gasteiger partial charge in [0.25, 0.3) is 5.91 Å². The number of ether oxygens (including phenoxy) is 1. The van der Waals surface area contributed by atoms with Gasteiger partial charge in [-0.1, -0.05) is 43.2 Å². The van der Waals surface area contributed by atoms with Crippen LogP contribution in [-0.2, 0) is 0 Å². The Labute approximate surface area is 196 Å². The summed E-state index contributed by atoms with van der Waals surface area (Å²) in [6.45, 7) is 4.63. The van der Waals surface area contributed by atoms with Gasteiger partial charge in [-0.3, -0.25) is 14.5 Å². The number of fused-ring (bicyclic) bond motifs is 2. The van der Waals surface area contributed by atoms with E-state index in [1.165, 1.54) is 12.1 Å². The topological polar surface area (TPSA) is 59.8 Å². The van der Waals surface area contributed by atoms with E-state index in [0.29, 0.717) is 23.6 Å². The van der Waals surface area contributed by atoms with Gasteiger partial charge in [-0.25, -0.2) is 4.39 Å². The summed E-state index contributed by atoms with van der Waals surface area (Å²) >= 11 is 0. The van der Waals surface area contributed by atoms with Crippen molar-refractivity contribution in [2.75, 3.05) is 11.5 Å². The first-order valence-electron chi connectivity index (χ1n) is 11.4. The van der Waals surface area contributed by atoms with Gasteiger partial charge < -0.3 is 9.15 Å². The van der Waals surface area contributed by atoms with Crippen LogP contribution in [0.1, 0.15) is 53.1 Å². The lowest BCUT2D eigenvalue weighted by Gasteiger charge is -2.25. The molecule has 0 saturated carbocycles. The van der Waals surface area contributed by atoms with Crippen molar-refractivity contribution in [1.29, 1.82) is 0 Å². The number of carbonyl (C=O) groups excluding carboxylic acids is 1. The largest absolute Gasteiger partial charge is 0.494 e. The van der Waals surface area contributed by atoms with Crippen LogP contribution in [0.3, 0.4) is 0 Å². The fourth-order valence-electron chi connectivity index (χ4n) is 4.34. The van der Waals surface area contributed by atoms with E-state index in [1.807, 2.05) is 55.5 Å². The van der Waals surface area contributed by atoms with E-state index in [2.05, 4.69) is 6.92 Å². The van der Waals surface area contributed by atoms with Gasteiger partial charge in [-0.15, -0.1) is 0 Å². The minimum absolute atomic E-state index is 0.0213. The molecule has 0 radical (unpaired) electrons. The summed E-state index contributed by atoms with van der Waals surface area (Å²) in [5.74, 6) is -0.314. The average molecular weight is 458 g/mol. The average Bonchev–Trinajstić information content (AvgIpc) is 3.13. The summed E-state index contributed by atoms with van der Waals surface area (Å²) in [6, 6.07) is 17.9. The lowest BCUT2D eigenvalue weighted by Crippen LogP contribution is -2.29. The molecule has 0 saturated heterocycles. The van der Waals surface area contributed by atoms with Crippen molar-refractivity contribution in [2.45, 2.75) is 32.7 Å². The number of hydrogen-bond donors (Lipinski definition) is 0. The second kappa shape index (κ2) is 8.78. The summed E-state index contributed by atoms with van der Waals surface area (Å²) < 4.78 is 25.8. The number of halogens is 1. The van der Waals surface area contributed by atoms with Crippen molar-refractivity contribution in [3.05, 3.63) is 105 Å². The maximum absolute atomic E-state index is 14.0. The van der Waals surface area contributed by atoms with Crippen LogP contribution in [-0.4, -0.2) is 12.5 Å². The summed E-state index contributed by atoms with van der Waals surface area (Å²) in [5.41, 5.74) is 2.37. The fourth-order valence-corrected chi connectivity index (χ4v) is 4.34. The first-order valence-corrected chi connectivity index (χ1v) is 11.4. The predicted molar refractivity (Wildman–Crippen MR) is 129 cm³/mol. The van der Waals surface area contributed by atoms with Crippen LogP contribution >= 0.6 is 0 Å². The third-order valence-corrected chi connectivity index (χ3v) is 6.08. The van der Waals surface area contributed by atoms with Gasteiger partial charge >= 0.3 is 0 Å². The van der Waals surface area contributed by atoms with Crippen molar-refractivity contribution in [1.82, 2.24) is 0 Å². The zero-order chi connectivity index (χ0) is 23.8. The lowest BCUT2D eigenvalue weighted by molar-refractivity contribution is 0.0971. The number of rotatable bonds is 6. The van der Waals surface area contributed by atoms with Crippen LogP contribution in [0.4, 0.5) is 10.1 Å². The SMILES string of the molecule is CCCCOc1cccc(C2c3c(oc4ccc(F)cc4c3=O)C(=O)N2c2ccc(C)cc2)c1. The van der Waals surface area contributed by atoms with Crippen LogP contribution in [0.5, 0.6) is 5.75 Å². The van der Waals surface area contributed by atoms with Crippen LogP contribution in [0.15, 0.2) is 75.9 Å². The smallest absolute Gasteiger partial charge is 0.295 e. The number of unbranched alkanes of at least 4 members (excludes halogenated alkanes) is 1. The molecule has 1 aliphatic heterocycles.